The predicted molar refractivity (Wildman–Crippen MR) is 132 cm³/mol. The van der Waals surface area contributed by atoms with Crippen LogP contribution in [0.3, 0.4) is 0 Å². The van der Waals surface area contributed by atoms with E-state index in [1.807, 2.05) is 12.1 Å². The summed E-state index contributed by atoms with van der Waals surface area (Å²) in [6.07, 6.45) is 2.42. The molecule has 2 fully saturated rings. The lowest BCUT2D eigenvalue weighted by atomic mass is 10.0. The number of rotatable bonds is 8. The molecular formula is C25H29ClFN5O2. The number of likely N-dealkylation sites (tertiary alicyclic amines) is 2. The van der Waals surface area contributed by atoms with E-state index >= 15 is 0 Å². The van der Waals surface area contributed by atoms with Crippen LogP contribution in [0.4, 0.5) is 15.9 Å². The molecule has 5 rings (SSSR count). The Balaban J connectivity index is 1.26. The zero-order valence-corrected chi connectivity index (χ0v) is 20.2. The van der Waals surface area contributed by atoms with Gasteiger partial charge in [0.1, 0.15) is 18.0 Å². The van der Waals surface area contributed by atoms with E-state index in [9.17, 15) is 4.39 Å². The number of hydrogen-bond donors (Lipinski definition) is 1. The minimum Gasteiger partial charge on any atom is -0.493 e. The SMILES string of the molecule is COc1cc2ncnc(Nc3ccc(F)c(Cl)c3)c2cc1OCCCN1CC2CN(C)CC2C1. The second-order valence-electron chi connectivity index (χ2n) is 9.20. The Hall–Kier alpha value is -2.68. The van der Waals surface area contributed by atoms with Crippen molar-refractivity contribution >= 4 is 34.0 Å². The topological polar surface area (TPSA) is 62.8 Å². The van der Waals surface area contributed by atoms with E-state index in [2.05, 4.69) is 32.1 Å². The molecule has 180 valence electrons. The molecule has 0 radical (unpaired) electrons. The standard InChI is InChI=1S/C25H29ClFN5O2/c1-31-11-16-13-32(14-17(16)12-31)6-3-7-34-24-9-19-22(10-23(24)33-2)28-15-29-25(19)30-18-4-5-21(27)20(26)8-18/h4-5,8-10,15-17H,3,6-7,11-14H2,1-2H3,(H,28,29,30). The third-order valence-corrected chi connectivity index (χ3v) is 7.01. The Bertz CT molecular complexity index is 1170. The second kappa shape index (κ2) is 9.90. The summed E-state index contributed by atoms with van der Waals surface area (Å²) in [5, 5.41) is 4.02. The lowest BCUT2D eigenvalue weighted by molar-refractivity contribution is 0.237. The van der Waals surface area contributed by atoms with Crippen molar-refractivity contribution in [2.45, 2.75) is 6.42 Å². The average Bonchev–Trinajstić information content (AvgIpc) is 3.35. The molecule has 2 aliphatic heterocycles. The first-order chi connectivity index (χ1) is 16.5. The van der Waals surface area contributed by atoms with Gasteiger partial charge < -0.3 is 24.6 Å². The summed E-state index contributed by atoms with van der Waals surface area (Å²) in [5.41, 5.74) is 1.34. The van der Waals surface area contributed by atoms with Gasteiger partial charge in [-0.2, -0.15) is 0 Å². The van der Waals surface area contributed by atoms with Crippen LogP contribution < -0.4 is 14.8 Å². The fraction of sp³-hybridized carbons (Fsp3) is 0.440. The van der Waals surface area contributed by atoms with Crippen LogP contribution in [0.1, 0.15) is 6.42 Å². The summed E-state index contributed by atoms with van der Waals surface area (Å²) in [6.45, 7) is 6.44. The van der Waals surface area contributed by atoms with Gasteiger partial charge in [-0.3, -0.25) is 0 Å². The average molecular weight is 486 g/mol. The molecule has 2 saturated heterocycles. The quantitative estimate of drug-likeness (QED) is 0.473. The number of methoxy groups -OCH3 is 1. The van der Waals surface area contributed by atoms with Gasteiger partial charge in [0.2, 0.25) is 0 Å². The fourth-order valence-corrected chi connectivity index (χ4v) is 5.30. The predicted octanol–water partition coefficient (Wildman–Crippen LogP) is 4.44. The van der Waals surface area contributed by atoms with Gasteiger partial charge in [0.05, 0.1) is 24.3 Å². The van der Waals surface area contributed by atoms with Crippen LogP contribution in [0.15, 0.2) is 36.7 Å². The summed E-state index contributed by atoms with van der Waals surface area (Å²) >= 11 is 5.93. The first kappa shape index (κ1) is 23.1. The molecule has 3 heterocycles. The molecule has 1 N–H and O–H groups in total. The molecule has 3 aromatic rings. The molecule has 7 nitrogen and oxygen atoms in total. The van der Waals surface area contributed by atoms with Crippen molar-refractivity contribution in [1.82, 2.24) is 19.8 Å². The van der Waals surface area contributed by atoms with E-state index in [1.54, 1.807) is 13.2 Å². The number of fused-ring (bicyclic) bond motifs is 2. The zero-order chi connectivity index (χ0) is 23.7. The zero-order valence-electron chi connectivity index (χ0n) is 19.4. The Morgan fingerprint density at radius 1 is 1.09 bits per heavy atom. The number of hydrogen-bond acceptors (Lipinski definition) is 7. The van der Waals surface area contributed by atoms with Gasteiger partial charge in [0.25, 0.3) is 0 Å². The Morgan fingerprint density at radius 3 is 2.62 bits per heavy atom. The largest absolute Gasteiger partial charge is 0.493 e. The van der Waals surface area contributed by atoms with Gasteiger partial charge >= 0.3 is 0 Å². The van der Waals surface area contributed by atoms with Crippen molar-refractivity contribution < 1.29 is 13.9 Å². The molecule has 2 aromatic carbocycles. The molecular weight excluding hydrogens is 457 g/mol. The molecule has 0 spiro atoms. The summed E-state index contributed by atoms with van der Waals surface area (Å²) in [4.78, 5) is 13.7. The molecule has 2 unspecified atom stereocenters. The molecule has 2 aliphatic rings. The third-order valence-electron chi connectivity index (χ3n) is 6.72. The smallest absolute Gasteiger partial charge is 0.162 e. The second-order valence-corrected chi connectivity index (χ2v) is 9.61. The van der Waals surface area contributed by atoms with E-state index < -0.39 is 5.82 Å². The third kappa shape index (κ3) is 4.89. The number of aromatic nitrogens is 2. The molecule has 0 saturated carbocycles. The highest BCUT2D eigenvalue weighted by Crippen LogP contribution is 2.35. The van der Waals surface area contributed by atoms with Gasteiger partial charge in [0.15, 0.2) is 11.5 Å². The molecule has 0 aliphatic carbocycles. The van der Waals surface area contributed by atoms with Gasteiger partial charge in [-0.1, -0.05) is 11.6 Å². The summed E-state index contributed by atoms with van der Waals surface area (Å²) < 4.78 is 25.2. The van der Waals surface area contributed by atoms with Crippen molar-refractivity contribution in [3.63, 3.8) is 0 Å². The van der Waals surface area contributed by atoms with Crippen LogP contribution in [-0.4, -0.2) is 73.3 Å². The Labute approximate surface area is 203 Å². The van der Waals surface area contributed by atoms with Crippen molar-refractivity contribution in [1.29, 1.82) is 0 Å². The molecule has 0 bridgehead atoms. The summed E-state index contributed by atoms with van der Waals surface area (Å²) in [7, 11) is 3.84. The van der Waals surface area contributed by atoms with E-state index in [-0.39, 0.29) is 5.02 Å². The van der Waals surface area contributed by atoms with Gasteiger partial charge in [-0.25, -0.2) is 14.4 Å². The molecule has 9 heteroatoms. The van der Waals surface area contributed by atoms with Crippen LogP contribution in [0.5, 0.6) is 11.5 Å². The number of benzene rings is 2. The lowest BCUT2D eigenvalue weighted by Crippen LogP contribution is -2.28. The first-order valence-corrected chi connectivity index (χ1v) is 12.0. The minimum atomic E-state index is -0.468. The molecule has 34 heavy (non-hydrogen) atoms. The van der Waals surface area contributed by atoms with Crippen molar-refractivity contribution in [2.75, 3.05) is 58.8 Å². The van der Waals surface area contributed by atoms with Crippen LogP contribution in [0.2, 0.25) is 5.02 Å². The maximum Gasteiger partial charge on any atom is 0.162 e. The number of anilines is 2. The molecule has 2 atom stereocenters. The fourth-order valence-electron chi connectivity index (χ4n) is 5.12. The van der Waals surface area contributed by atoms with Crippen molar-refractivity contribution in [3.05, 3.63) is 47.5 Å². The van der Waals surface area contributed by atoms with E-state index in [0.29, 0.717) is 35.1 Å². The van der Waals surface area contributed by atoms with Crippen LogP contribution in [0.25, 0.3) is 10.9 Å². The Kier molecular flexibility index (Phi) is 6.72. The van der Waals surface area contributed by atoms with E-state index in [1.165, 1.54) is 44.6 Å². The lowest BCUT2D eigenvalue weighted by Gasteiger charge is -2.19. The van der Waals surface area contributed by atoms with Crippen molar-refractivity contribution in [3.8, 4) is 11.5 Å². The van der Waals surface area contributed by atoms with Gasteiger partial charge in [-0.05, 0) is 49.6 Å². The highest BCUT2D eigenvalue weighted by Gasteiger charge is 2.38. The number of ether oxygens (including phenoxy) is 2. The number of nitrogens with zero attached hydrogens (tertiary/aromatic N) is 4. The highest BCUT2D eigenvalue weighted by molar-refractivity contribution is 6.31. The first-order valence-electron chi connectivity index (χ1n) is 11.6. The normalized spacial score (nSPS) is 20.6. The molecule has 1 aromatic heterocycles. The van der Waals surface area contributed by atoms with E-state index in [0.717, 1.165) is 30.2 Å². The van der Waals surface area contributed by atoms with Gasteiger partial charge in [-0.15, -0.1) is 0 Å². The van der Waals surface area contributed by atoms with Crippen LogP contribution in [-0.2, 0) is 0 Å². The molecule has 0 amide bonds. The van der Waals surface area contributed by atoms with E-state index in [4.69, 9.17) is 21.1 Å². The summed E-state index contributed by atoms with van der Waals surface area (Å²) in [5.74, 6) is 3.01. The Morgan fingerprint density at radius 2 is 1.88 bits per heavy atom. The monoisotopic (exact) mass is 485 g/mol. The van der Waals surface area contributed by atoms with Gasteiger partial charge in [0, 0.05) is 49.9 Å². The minimum absolute atomic E-state index is 0.0442. The van der Waals surface area contributed by atoms with Crippen LogP contribution in [0, 0.1) is 17.7 Å². The maximum absolute atomic E-state index is 13.5. The number of nitrogens with one attached hydrogen (secondary N) is 1. The van der Waals surface area contributed by atoms with Crippen molar-refractivity contribution in [2.24, 2.45) is 11.8 Å². The number of halogens is 2. The highest BCUT2D eigenvalue weighted by atomic mass is 35.5. The maximum atomic E-state index is 13.5. The van der Waals surface area contributed by atoms with Crippen LogP contribution >= 0.6 is 11.6 Å². The summed E-state index contributed by atoms with van der Waals surface area (Å²) in [6, 6.07) is 8.18.